The van der Waals surface area contributed by atoms with Crippen LogP contribution in [-0.4, -0.2) is 26.7 Å². The van der Waals surface area contributed by atoms with Gasteiger partial charge in [-0.05, 0) is 12.1 Å². The Kier molecular flexibility index (Phi) is 4.16. The van der Waals surface area contributed by atoms with Crippen molar-refractivity contribution in [3.05, 3.63) is 42.2 Å². The molecule has 2 rings (SSSR count). The van der Waals surface area contributed by atoms with Gasteiger partial charge in [0.1, 0.15) is 0 Å². The number of nitrogens with zero attached hydrogens (tertiary/aromatic N) is 2. The number of carbonyl (C=O) groups is 2. The van der Waals surface area contributed by atoms with Gasteiger partial charge < -0.3 is 5.11 Å². The van der Waals surface area contributed by atoms with Gasteiger partial charge in [-0.15, -0.1) is 0 Å². The van der Waals surface area contributed by atoms with E-state index >= 15 is 0 Å². The zero-order chi connectivity index (χ0) is 16.3. The standard InChI is InChI=1S/C15H18N4O3/c1-15(2,3)14(22)17-16-13(21)12-11(20)9-19(18-12)10-7-5-4-6-8-10/h4-9,20H,1-3H3,(H,16,21)(H,17,22). The van der Waals surface area contributed by atoms with Crippen LogP contribution in [-0.2, 0) is 4.79 Å². The number of hydrazine groups is 1. The summed E-state index contributed by atoms with van der Waals surface area (Å²) in [6.45, 7) is 5.16. The van der Waals surface area contributed by atoms with Crippen LogP contribution in [0.4, 0.5) is 0 Å². The van der Waals surface area contributed by atoms with Crippen LogP contribution in [0.3, 0.4) is 0 Å². The van der Waals surface area contributed by atoms with Crippen molar-refractivity contribution in [2.24, 2.45) is 5.41 Å². The van der Waals surface area contributed by atoms with Gasteiger partial charge in [0, 0.05) is 5.41 Å². The predicted octanol–water partition coefficient (Wildman–Crippen LogP) is 1.38. The highest BCUT2D eigenvalue weighted by Gasteiger charge is 2.23. The molecular weight excluding hydrogens is 284 g/mol. The Morgan fingerprint density at radius 2 is 1.77 bits per heavy atom. The molecule has 0 saturated heterocycles. The fourth-order valence-electron chi connectivity index (χ4n) is 1.60. The molecule has 0 aliphatic heterocycles. The molecule has 0 bridgehead atoms. The molecular formula is C15H18N4O3. The lowest BCUT2D eigenvalue weighted by molar-refractivity contribution is -0.129. The van der Waals surface area contributed by atoms with Crippen LogP contribution in [0.1, 0.15) is 31.3 Å². The predicted molar refractivity (Wildman–Crippen MR) is 80.3 cm³/mol. The summed E-state index contributed by atoms with van der Waals surface area (Å²) >= 11 is 0. The first-order valence-electron chi connectivity index (χ1n) is 6.74. The summed E-state index contributed by atoms with van der Waals surface area (Å²) in [4.78, 5) is 23.7. The number of hydrogen-bond donors (Lipinski definition) is 3. The van der Waals surface area contributed by atoms with Crippen molar-refractivity contribution in [2.75, 3.05) is 0 Å². The van der Waals surface area contributed by atoms with Crippen molar-refractivity contribution < 1.29 is 14.7 Å². The molecule has 22 heavy (non-hydrogen) atoms. The van der Waals surface area contributed by atoms with E-state index in [0.717, 1.165) is 0 Å². The average molecular weight is 302 g/mol. The zero-order valence-corrected chi connectivity index (χ0v) is 12.6. The Balaban J connectivity index is 2.11. The van der Waals surface area contributed by atoms with Gasteiger partial charge in [-0.25, -0.2) is 4.68 Å². The monoisotopic (exact) mass is 302 g/mol. The molecule has 0 atom stereocenters. The molecule has 0 fully saturated rings. The molecule has 0 saturated carbocycles. The number of amides is 2. The number of aromatic hydroxyl groups is 1. The van der Waals surface area contributed by atoms with E-state index in [0.29, 0.717) is 5.69 Å². The van der Waals surface area contributed by atoms with E-state index in [4.69, 9.17) is 0 Å². The topological polar surface area (TPSA) is 96.3 Å². The molecule has 0 unspecified atom stereocenters. The summed E-state index contributed by atoms with van der Waals surface area (Å²) in [5.74, 6) is -1.31. The molecule has 2 amide bonds. The zero-order valence-electron chi connectivity index (χ0n) is 12.6. The summed E-state index contributed by atoms with van der Waals surface area (Å²) in [5, 5.41) is 13.9. The number of aromatic nitrogens is 2. The summed E-state index contributed by atoms with van der Waals surface area (Å²) in [7, 11) is 0. The minimum Gasteiger partial charge on any atom is -0.504 e. The van der Waals surface area contributed by atoms with Crippen LogP contribution in [0.15, 0.2) is 36.5 Å². The van der Waals surface area contributed by atoms with Gasteiger partial charge in [-0.2, -0.15) is 5.10 Å². The molecule has 7 heteroatoms. The fourth-order valence-corrected chi connectivity index (χ4v) is 1.60. The minimum atomic E-state index is -0.690. The van der Waals surface area contributed by atoms with Crippen LogP contribution in [0, 0.1) is 5.41 Å². The molecule has 0 spiro atoms. The summed E-state index contributed by atoms with van der Waals surface area (Å²) in [6, 6.07) is 9.06. The van der Waals surface area contributed by atoms with Crippen LogP contribution < -0.4 is 10.9 Å². The van der Waals surface area contributed by atoms with E-state index < -0.39 is 11.3 Å². The molecule has 0 aliphatic carbocycles. The highest BCUT2D eigenvalue weighted by Crippen LogP contribution is 2.18. The van der Waals surface area contributed by atoms with E-state index in [1.54, 1.807) is 32.9 Å². The number of para-hydroxylation sites is 1. The molecule has 1 aromatic carbocycles. The molecule has 2 aromatic rings. The van der Waals surface area contributed by atoms with E-state index in [-0.39, 0.29) is 17.4 Å². The van der Waals surface area contributed by atoms with Gasteiger partial charge in [0.15, 0.2) is 11.4 Å². The molecule has 7 nitrogen and oxygen atoms in total. The van der Waals surface area contributed by atoms with Crippen LogP contribution in [0.2, 0.25) is 0 Å². The second kappa shape index (κ2) is 5.88. The van der Waals surface area contributed by atoms with Crippen molar-refractivity contribution in [2.45, 2.75) is 20.8 Å². The van der Waals surface area contributed by atoms with Gasteiger partial charge in [0.25, 0.3) is 5.91 Å². The third-order valence-corrected chi connectivity index (χ3v) is 2.90. The third kappa shape index (κ3) is 3.43. The maximum atomic E-state index is 12.0. The Labute approximate surface area is 127 Å². The highest BCUT2D eigenvalue weighted by molar-refractivity contribution is 5.96. The number of hydrogen-bond acceptors (Lipinski definition) is 4. The lowest BCUT2D eigenvalue weighted by atomic mass is 9.96. The Morgan fingerprint density at radius 3 is 2.36 bits per heavy atom. The molecule has 1 aromatic heterocycles. The molecule has 1 heterocycles. The average Bonchev–Trinajstić information content (AvgIpc) is 2.86. The number of carbonyl (C=O) groups excluding carboxylic acids is 2. The largest absolute Gasteiger partial charge is 0.504 e. The first-order chi connectivity index (χ1) is 10.3. The number of nitrogens with one attached hydrogen (secondary N) is 2. The first-order valence-corrected chi connectivity index (χ1v) is 6.74. The van der Waals surface area contributed by atoms with Crippen LogP contribution in [0.25, 0.3) is 5.69 Å². The maximum absolute atomic E-state index is 12.0. The highest BCUT2D eigenvalue weighted by atomic mass is 16.3. The quantitative estimate of drug-likeness (QED) is 0.730. The number of benzene rings is 1. The molecule has 0 radical (unpaired) electrons. The summed E-state index contributed by atoms with van der Waals surface area (Å²) in [5.41, 5.74) is 4.43. The normalized spacial score (nSPS) is 11.0. The van der Waals surface area contributed by atoms with Gasteiger partial charge in [-0.3, -0.25) is 20.4 Å². The van der Waals surface area contributed by atoms with Gasteiger partial charge in [-0.1, -0.05) is 39.0 Å². The van der Waals surface area contributed by atoms with Gasteiger partial charge >= 0.3 is 0 Å². The smallest absolute Gasteiger partial charge is 0.294 e. The first kappa shape index (κ1) is 15.6. The minimum absolute atomic E-state index is 0.168. The Bertz CT molecular complexity index is 687. The van der Waals surface area contributed by atoms with Gasteiger partial charge in [0.2, 0.25) is 5.91 Å². The summed E-state index contributed by atoms with van der Waals surface area (Å²) < 4.78 is 1.38. The maximum Gasteiger partial charge on any atom is 0.294 e. The molecule has 116 valence electrons. The lowest BCUT2D eigenvalue weighted by Crippen LogP contribution is -2.46. The van der Waals surface area contributed by atoms with E-state index in [9.17, 15) is 14.7 Å². The van der Waals surface area contributed by atoms with E-state index in [1.165, 1.54) is 10.9 Å². The van der Waals surface area contributed by atoms with E-state index in [2.05, 4.69) is 16.0 Å². The molecule has 3 N–H and O–H groups in total. The third-order valence-electron chi connectivity index (χ3n) is 2.90. The number of rotatable bonds is 2. The van der Waals surface area contributed by atoms with E-state index in [1.807, 2.05) is 18.2 Å². The SMILES string of the molecule is CC(C)(C)C(=O)NNC(=O)c1nn(-c2ccccc2)cc1O. The van der Waals surface area contributed by atoms with Crippen LogP contribution in [0.5, 0.6) is 5.75 Å². The lowest BCUT2D eigenvalue weighted by Gasteiger charge is -2.17. The fraction of sp³-hybridized carbons (Fsp3) is 0.267. The molecule has 0 aliphatic rings. The van der Waals surface area contributed by atoms with Crippen molar-refractivity contribution >= 4 is 11.8 Å². The summed E-state index contributed by atoms with van der Waals surface area (Å²) in [6.07, 6.45) is 1.33. The van der Waals surface area contributed by atoms with Crippen LogP contribution >= 0.6 is 0 Å². The Hall–Kier alpha value is -2.83. The van der Waals surface area contributed by atoms with Gasteiger partial charge in [0.05, 0.1) is 11.9 Å². The second-order valence-corrected chi connectivity index (χ2v) is 5.80. The van der Waals surface area contributed by atoms with Crippen molar-refractivity contribution in [1.82, 2.24) is 20.6 Å². The van der Waals surface area contributed by atoms with Crippen molar-refractivity contribution in [3.63, 3.8) is 0 Å². The van der Waals surface area contributed by atoms with Crippen molar-refractivity contribution in [3.8, 4) is 11.4 Å². The second-order valence-electron chi connectivity index (χ2n) is 5.80. The Morgan fingerprint density at radius 1 is 1.14 bits per heavy atom. The van der Waals surface area contributed by atoms with Crippen molar-refractivity contribution in [1.29, 1.82) is 0 Å².